The van der Waals surface area contributed by atoms with Crippen LogP contribution in [-0.4, -0.2) is 11.2 Å². The van der Waals surface area contributed by atoms with Crippen LogP contribution in [0.15, 0.2) is 54.6 Å². The first-order chi connectivity index (χ1) is 9.29. The number of alkyl halides is 1. The van der Waals surface area contributed by atoms with Crippen molar-refractivity contribution in [1.29, 1.82) is 0 Å². The number of hydrogen-bond donors (Lipinski definition) is 1. The van der Waals surface area contributed by atoms with Crippen LogP contribution in [0.2, 0.25) is 0 Å². The lowest BCUT2D eigenvalue weighted by Crippen LogP contribution is -2.13. The van der Waals surface area contributed by atoms with Gasteiger partial charge in [-0.25, -0.2) is 0 Å². The van der Waals surface area contributed by atoms with E-state index in [0.29, 0.717) is 18.0 Å². The Bertz CT molecular complexity index is 543. The second kappa shape index (κ2) is 6.95. The first kappa shape index (κ1) is 13.6. The van der Waals surface area contributed by atoms with Crippen molar-refractivity contribution in [3.05, 3.63) is 60.2 Å². The maximum absolute atomic E-state index is 11.4. The second-order valence-corrected chi connectivity index (χ2v) is 4.51. The highest BCUT2D eigenvalue weighted by Gasteiger charge is 2.06. The maximum atomic E-state index is 11.4. The fourth-order valence-electron chi connectivity index (χ4n) is 1.61. The van der Waals surface area contributed by atoms with E-state index >= 15 is 0 Å². The maximum Gasteiger partial charge on any atom is 0.235 e. The molecule has 2 aromatic rings. The summed E-state index contributed by atoms with van der Waals surface area (Å²) < 4.78 is 5.74. The fraction of sp³-hybridized carbons (Fsp3) is 0.133. The monoisotopic (exact) mass is 319 g/mol. The van der Waals surface area contributed by atoms with Crippen LogP contribution in [0.4, 0.5) is 5.69 Å². The van der Waals surface area contributed by atoms with Crippen LogP contribution in [0.5, 0.6) is 5.75 Å². The van der Waals surface area contributed by atoms with Gasteiger partial charge in [0.2, 0.25) is 5.91 Å². The van der Waals surface area contributed by atoms with E-state index in [2.05, 4.69) is 21.2 Å². The molecule has 1 amide bonds. The Morgan fingerprint density at radius 3 is 2.47 bits per heavy atom. The largest absolute Gasteiger partial charge is 0.487 e. The van der Waals surface area contributed by atoms with Crippen LogP contribution in [0, 0.1) is 0 Å². The molecule has 98 valence electrons. The van der Waals surface area contributed by atoms with Crippen molar-refractivity contribution in [1.82, 2.24) is 0 Å². The number of benzene rings is 2. The van der Waals surface area contributed by atoms with E-state index in [9.17, 15) is 4.79 Å². The predicted molar refractivity (Wildman–Crippen MR) is 79.6 cm³/mol. The third-order valence-electron chi connectivity index (χ3n) is 2.52. The molecule has 0 spiro atoms. The molecule has 0 unspecified atom stereocenters. The second-order valence-electron chi connectivity index (χ2n) is 3.95. The van der Waals surface area contributed by atoms with Crippen molar-refractivity contribution >= 4 is 27.5 Å². The van der Waals surface area contributed by atoms with Crippen molar-refractivity contribution in [2.24, 2.45) is 0 Å². The Morgan fingerprint density at radius 1 is 1.05 bits per heavy atom. The van der Waals surface area contributed by atoms with Gasteiger partial charge in [0.15, 0.2) is 0 Å². The van der Waals surface area contributed by atoms with Gasteiger partial charge in [-0.05, 0) is 17.7 Å². The van der Waals surface area contributed by atoms with Gasteiger partial charge in [0.1, 0.15) is 12.4 Å². The van der Waals surface area contributed by atoms with Crippen molar-refractivity contribution in [3.8, 4) is 5.75 Å². The number of hydrogen-bond acceptors (Lipinski definition) is 2. The van der Waals surface area contributed by atoms with Crippen LogP contribution in [0.3, 0.4) is 0 Å². The Kier molecular flexibility index (Phi) is 4.98. The molecule has 19 heavy (non-hydrogen) atoms. The molecule has 2 aromatic carbocycles. The zero-order valence-corrected chi connectivity index (χ0v) is 11.9. The number of rotatable bonds is 5. The Hall–Kier alpha value is -1.81. The molecule has 1 N–H and O–H groups in total. The van der Waals surface area contributed by atoms with Crippen molar-refractivity contribution in [3.63, 3.8) is 0 Å². The van der Waals surface area contributed by atoms with Gasteiger partial charge < -0.3 is 10.1 Å². The molecule has 0 atom stereocenters. The van der Waals surface area contributed by atoms with Gasteiger partial charge in [-0.1, -0.05) is 58.4 Å². The standard InChI is InChI=1S/C15H14BrNO2/c16-10-15(18)17-13-8-4-5-9-14(13)19-11-12-6-2-1-3-7-12/h1-9H,10-11H2,(H,17,18). The minimum absolute atomic E-state index is 0.101. The summed E-state index contributed by atoms with van der Waals surface area (Å²) in [4.78, 5) is 11.4. The van der Waals surface area contributed by atoms with Gasteiger partial charge in [0, 0.05) is 0 Å². The highest BCUT2D eigenvalue weighted by Crippen LogP contribution is 2.24. The summed E-state index contributed by atoms with van der Waals surface area (Å²) in [5.41, 5.74) is 1.77. The number of amides is 1. The molecule has 0 heterocycles. The lowest BCUT2D eigenvalue weighted by molar-refractivity contribution is -0.113. The number of ether oxygens (including phenoxy) is 1. The van der Waals surface area contributed by atoms with Crippen LogP contribution < -0.4 is 10.1 Å². The zero-order valence-electron chi connectivity index (χ0n) is 10.3. The molecular formula is C15H14BrNO2. The molecule has 0 aliphatic heterocycles. The van der Waals surface area contributed by atoms with E-state index in [1.165, 1.54) is 0 Å². The van der Waals surface area contributed by atoms with E-state index in [1.54, 1.807) is 0 Å². The summed E-state index contributed by atoms with van der Waals surface area (Å²) >= 11 is 3.12. The molecule has 0 saturated heterocycles. The topological polar surface area (TPSA) is 38.3 Å². The van der Waals surface area contributed by atoms with Gasteiger partial charge in [-0.3, -0.25) is 4.79 Å². The van der Waals surface area contributed by atoms with Crippen LogP contribution >= 0.6 is 15.9 Å². The van der Waals surface area contributed by atoms with Gasteiger partial charge in [-0.15, -0.1) is 0 Å². The molecule has 0 aromatic heterocycles. The van der Waals surface area contributed by atoms with Crippen molar-refractivity contribution in [2.75, 3.05) is 10.6 Å². The highest BCUT2D eigenvalue weighted by atomic mass is 79.9. The summed E-state index contributed by atoms with van der Waals surface area (Å²) in [6.07, 6.45) is 0. The first-order valence-corrected chi connectivity index (χ1v) is 7.03. The highest BCUT2D eigenvalue weighted by molar-refractivity contribution is 9.09. The molecular weight excluding hydrogens is 306 g/mol. The summed E-state index contributed by atoms with van der Waals surface area (Å²) in [5.74, 6) is 0.566. The molecule has 4 heteroatoms. The van der Waals surface area contributed by atoms with E-state index in [0.717, 1.165) is 5.56 Å². The smallest absolute Gasteiger partial charge is 0.235 e. The average Bonchev–Trinajstić information content (AvgIpc) is 2.47. The first-order valence-electron chi connectivity index (χ1n) is 5.91. The van der Waals surface area contributed by atoms with Gasteiger partial charge >= 0.3 is 0 Å². The molecule has 3 nitrogen and oxygen atoms in total. The molecule has 2 rings (SSSR count). The summed E-state index contributed by atoms with van der Waals surface area (Å²) in [5, 5.41) is 3.05. The van der Waals surface area contributed by atoms with Gasteiger partial charge in [-0.2, -0.15) is 0 Å². The number of halogens is 1. The minimum Gasteiger partial charge on any atom is -0.487 e. The number of carbonyl (C=O) groups excluding carboxylic acids is 1. The summed E-state index contributed by atoms with van der Waals surface area (Å²) in [7, 11) is 0. The Balaban J connectivity index is 2.05. The minimum atomic E-state index is -0.101. The van der Waals surface area contributed by atoms with E-state index < -0.39 is 0 Å². The van der Waals surface area contributed by atoms with E-state index in [-0.39, 0.29) is 11.2 Å². The fourth-order valence-corrected chi connectivity index (χ4v) is 1.75. The predicted octanol–water partition coefficient (Wildman–Crippen LogP) is 3.60. The van der Waals surface area contributed by atoms with Crippen LogP contribution in [0.25, 0.3) is 0 Å². The van der Waals surface area contributed by atoms with Gasteiger partial charge in [0.05, 0.1) is 11.0 Å². The normalized spacial score (nSPS) is 9.95. The zero-order chi connectivity index (χ0) is 13.5. The molecule has 0 aliphatic carbocycles. The third kappa shape index (κ3) is 4.10. The molecule has 0 aliphatic rings. The summed E-state index contributed by atoms with van der Waals surface area (Å²) in [6.45, 7) is 0.474. The number of nitrogens with one attached hydrogen (secondary N) is 1. The molecule has 0 fully saturated rings. The molecule has 0 radical (unpaired) electrons. The summed E-state index contributed by atoms with van der Waals surface area (Å²) in [6, 6.07) is 17.3. The Labute approximate surface area is 120 Å². The van der Waals surface area contributed by atoms with E-state index in [4.69, 9.17) is 4.74 Å². The van der Waals surface area contributed by atoms with Crippen LogP contribution in [-0.2, 0) is 11.4 Å². The van der Waals surface area contributed by atoms with Crippen molar-refractivity contribution in [2.45, 2.75) is 6.61 Å². The van der Waals surface area contributed by atoms with Crippen molar-refractivity contribution < 1.29 is 9.53 Å². The van der Waals surface area contributed by atoms with E-state index in [1.807, 2.05) is 54.6 Å². The lowest BCUT2D eigenvalue weighted by atomic mass is 10.2. The Morgan fingerprint density at radius 2 is 1.74 bits per heavy atom. The molecule has 0 bridgehead atoms. The van der Waals surface area contributed by atoms with Crippen LogP contribution in [0.1, 0.15) is 5.56 Å². The average molecular weight is 320 g/mol. The SMILES string of the molecule is O=C(CBr)Nc1ccccc1OCc1ccccc1. The number of anilines is 1. The third-order valence-corrected chi connectivity index (χ3v) is 3.03. The quantitative estimate of drug-likeness (QED) is 0.855. The lowest BCUT2D eigenvalue weighted by Gasteiger charge is -2.11. The molecule has 0 saturated carbocycles. The van der Waals surface area contributed by atoms with Gasteiger partial charge in [0.25, 0.3) is 0 Å². The number of para-hydroxylation sites is 2. The number of carbonyl (C=O) groups is 1.